The van der Waals surface area contributed by atoms with Crippen molar-refractivity contribution in [3.05, 3.63) is 0 Å². The monoisotopic (exact) mass is 542 g/mol. The maximum absolute atomic E-state index is 11.2. The van der Waals surface area contributed by atoms with Gasteiger partial charge in [0.2, 0.25) is 0 Å². The van der Waals surface area contributed by atoms with Crippen molar-refractivity contribution < 1.29 is 97.6 Å². The Morgan fingerprint density at radius 1 is 0.429 bits per heavy atom. The second-order valence-corrected chi connectivity index (χ2v) is 13.1. The van der Waals surface area contributed by atoms with Gasteiger partial charge in [-0.2, -0.15) is 25.9 Å². The molecule has 0 aromatic carbocycles. The fourth-order valence-electron chi connectivity index (χ4n) is 0.872. The molecule has 0 aromatic heterocycles. The largest absolute Gasteiger partial charge is 0.503 e. The summed E-state index contributed by atoms with van der Waals surface area (Å²) in [6.07, 6.45) is -1.83. The molecule has 1 rings (SSSR count). The van der Waals surface area contributed by atoms with Crippen LogP contribution in [0.3, 0.4) is 0 Å². The van der Waals surface area contributed by atoms with E-state index in [1.165, 1.54) is 0 Å². The Labute approximate surface area is 151 Å². The van der Waals surface area contributed by atoms with Crippen LogP contribution < -0.4 is 0 Å². The smallest absolute Gasteiger partial charge is 0.450 e. The highest BCUT2D eigenvalue weighted by Crippen LogP contribution is 2.79. The van der Waals surface area contributed by atoms with Gasteiger partial charge in [-0.05, 0) is 0 Å². The Morgan fingerprint density at radius 2 is 0.500 bits per heavy atom. The van der Waals surface area contributed by atoms with Crippen LogP contribution in [0.4, 0.5) is 4.79 Å². The van der Waals surface area contributed by atoms with Gasteiger partial charge in [-0.25, -0.2) is 32.2 Å². The predicted octanol–water partition coefficient (Wildman–Crippen LogP) is 0.924. The van der Waals surface area contributed by atoms with E-state index in [1.807, 2.05) is 0 Å². The van der Waals surface area contributed by atoms with Crippen LogP contribution in [0.15, 0.2) is 0 Å². The molecule has 0 aromatic rings. The van der Waals surface area contributed by atoms with E-state index in [9.17, 15) is 27.4 Å². The summed E-state index contributed by atoms with van der Waals surface area (Å²) in [5.74, 6) is 0. The molecule has 0 radical (unpaired) electrons. The zero-order valence-corrected chi connectivity index (χ0v) is 17.4. The van der Waals surface area contributed by atoms with Crippen LogP contribution in [0.5, 0.6) is 0 Å². The molecule has 0 amide bonds. The third kappa shape index (κ3) is 12.7. The summed E-state index contributed by atoms with van der Waals surface area (Å²) >= 11 is 0. The summed E-state index contributed by atoms with van der Waals surface area (Å²) in [6.45, 7) is 0. The van der Waals surface area contributed by atoms with Crippen LogP contribution >= 0.6 is 46.9 Å². The number of hydrogen-bond acceptors (Lipinski definition) is 13. The van der Waals surface area contributed by atoms with Gasteiger partial charge in [0.05, 0.1) is 0 Å². The third-order valence-corrected chi connectivity index (χ3v) is 11.1. The number of hydrogen-bond donors (Lipinski definition) is 8. The molecule has 1 fully saturated rings. The Morgan fingerprint density at radius 3 is 0.571 bits per heavy atom. The van der Waals surface area contributed by atoms with Crippen LogP contribution in [0.25, 0.3) is 0 Å². The number of carboxylic acid groups (broad SMARTS) is 2. The van der Waals surface area contributed by atoms with E-state index in [4.69, 9.17) is 44.4 Å². The topological polar surface area (TPSA) is 337 Å². The van der Waals surface area contributed by atoms with Crippen molar-refractivity contribution in [2.75, 3.05) is 0 Å². The normalized spacial score (nSPS) is 48.2. The molecule has 8 N–H and O–H groups in total. The highest BCUT2D eigenvalue weighted by molar-refractivity contribution is 7.75. The lowest BCUT2D eigenvalue weighted by Crippen LogP contribution is -2.02. The Bertz CT molecular complexity index is 665. The van der Waals surface area contributed by atoms with Gasteiger partial charge in [0, 0.05) is 0 Å². The lowest BCUT2D eigenvalue weighted by Gasteiger charge is -2.23. The van der Waals surface area contributed by atoms with E-state index >= 15 is 0 Å². The Balaban J connectivity index is 0.00000165. The molecule has 1 heterocycles. The molecule has 1 saturated heterocycles. The lowest BCUT2D eigenvalue weighted by molar-refractivity contribution is 0.136. The van der Waals surface area contributed by atoms with Crippen LogP contribution in [-0.4, -0.2) is 45.7 Å². The molecule has 168 valence electrons. The van der Waals surface area contributed by atoms with Gasteiger partial charge in [-0.15, -0.1) is 0 Å². The second-order valence-electron chi connectivity index (χ2n) is 3.58. The average Bonchev–Trinajstić information content (AvgIpc) is 2.12. The first-order chi connectivity index (χ1) is 12.0. The fourth-order valence-corrected chi connectivity index (χ4v) is 9.46. The van der Waals surface area contributed by atoms with Crippen LogP contribution in [0, 0.1) is 0 Å². The van der Waals surface area contributed by atoms with Gasteiger partial charge < -0.3 is 39.6 Å². The predicted molar refractivity (Wildman–Crippen MR) is 76.1 cm³/mol. The molecular formula is CH8O21P6. The zero-order valence-electron chi connectivity index (χ0n) is 12.1. The minimum Gasteiger partial charge on any atom is -0.450 e. The first kappa shape index (κ1) is 28.2. The van der Waals surface area contributed by atoms with E-state index in [0.29, 0.717) is 0 Å². The Kier molecular flexibility index (Phi) is 9.18. The quantitative estimate of drug-likeness (QED) is 0.197. The molecule has 0 unspecified atom stereocenters. The van der Waals surface area contributed by atoms with Crippen LogP contribution in [0.2, 0.25) is 0 Å². The minimum atomic E-state index is -6.11. The number of carbonyl (C=O) groups is 1. The van der Waals surface area contributed by atoms with Gasteiger partial charge in [-0.3, -0.25) is 0 Å². The molecule has 21 nitrogen and oxygen atoms in total. The van der Waals surface area contributed by atoms with Gasteiger partial charge in [0.25, 0.3) is 0 Å². The van der Waals surface area contributed by atoms with E-state index in [1.54, 1.807) is 0 Å². The van der Waals surface area contributed by atoms with Crippen LogP contribution in [-0.2, 0) is 53.3 Å². The standard InChI is InChI=1S/CH2O3.H6O18P6/c2-1(3)4;1-19(2)13-20(3,4)15-22(7,8)17-24(11,12)18-23(9,10)16-21(5,6)14-19/h(H2,2,3,4);(H,1,2)(H,3,4)(H,5,6)(H,7,8)(H,9,10)(H,11,12). The van der Waals surface area contributed by atoms with Gasteiger partial charge in [-0.1, -0.05) is 0 Å². The number of rotatable bonds is 0. The third-order valence-electron chi connectivity index (χ3n) is 1.24. The summed E-state index contributed by atoms with van der Waals surface area (Å²) in [4.78, 5) is 62.1. The van der Waals surface area contributed by atoms with Crippen molar-refractivity contribution in [1.29, 1.82) is 0 Å². The van der Waals surface area contributed by atoms with Crippen LogP contribution in [0.1, 0.15) is 0 Å². The summed E-state index contributed by atoms with van der Waals surface area (Å²) in [7, 11) is -36.7. The van der Waals surface area contributed by atoms with Crippen molar-refractivity contribution >= 4 is 53.1 Å². The highest BCUT2D eigenvalue weighted by Gasteiger charge is 2.53. The van der Waals surface area contributed by atoms with E-state index in [2.05, 4.69) is 25.9 Å². The highest BCUT2D eigenvalue weighted by atomic mass is 31.3. The first-order valence-corrected chi connectivity index (χ1v) is 14.1. The van der Waals surface area contributed by atoms with Crippen molar-refractivity contribution in [2.24, 2.45) is 0 Å². The fraction of sp³-hybridized carbons (Fsp3) is 0. The molecular weight excluding hydrogens is 534 g/mol. The van der Waals surface area contributed by atoms with Gasteiger partial charge in [0.1, 0.15) is 0 Å². The molecule has 0 aliphatic carbocycles. The average molecular weight is 542 g/mol. The number of phosphoric acid groups is 6. The maximum atomic E-state index is 11.2. The summed E-state index contributed by atoms with van der Waals surface area (Å²) in [5.41, 5.74) is 0. The van der Waals surface area contributed by atoms with E-state index < -0.39 is 53.1 Å². The molecule has 0 saturated carbocycles. The first-order valence-electron chi connectivity index (χ1n) is 5.14. The summed E-state index contributed by atoms with van der Waals surface area (Å²) in [6, 6.07) is 0. The van der Waals surface area contributed by atoms with E-state index in [0.717, 1.165) is 0 Å². The molecule has 1 aliphatic heterocycles. The lowest BCUT2D eigenvalue weighted by atomic mass is 11.5. The van der Waals surface area contributed by atoms with Gasteiger partial charge in [0.15, 0.2) is 0 Å². The Hall–Kier alpha value is 0.170. The van der Waals surface area contributed by atoms with Gasteiger partial charge >= 0.3 is 53.1 Å². The molecule has 0 bridgehead atoms. The van der Waals surface area contributed by atoms with Crippen molar-refractivity contribution in [3.8, 4) is 0 Å². The van der Waals surface area contributed by atoms with Crippen molar-refractivity contribution in [1.82, 2.24) is 0 Å². The second kappa shape index (κ2) is 9.12. The summed E-state index contributed by atoms with van der Waals surface area (Å²) < 4.78 is 86.9. The maximum Gasteiger partial charge on any atom is 0.503 e. The minimum absolute atomic E-state index is 1.83. The molecule has 0 atom stereocenters. The molecule has 1 aliphatic rings. The summed E-state index contributed by atoms with van der Waals surface area (Å²) in [5, 5.41) is 13.9. The molecule has 27 heteroatoms. The van der Waals surface area contributed by atoms with Crippen molar-refractivity contribution in [2.45, 2.75) is 0 Å². The SMILES string of the molecule is O=C(O)O.O=P1(O)OP(=O)(O)OP(=O)(O)OP(=O)(O)OP(=O)(O)OP(=O)(O)O1. The molecule has 28 heavy (non-hydrogen) atoms. The van der Waals surface area contributed by atoms with Crippen molar-refractivity contribution in [3.63, 3.8) is 0 Å². The van der Waals surface area contributed by atoms with E-state index in [-0.39, 0.29) is 0 Å². The molecule has 0 spiro atoms. The zero-order chi connectivity index (χ0) is 22.8.